The molecule has 0 aliphatic carbocycles. The van der Waals surface area contributed by atoms with E-state index in [1.165, 1.54) is 18.5 Å². The van der Waals surface area contributed by atoms with Gasteiger partial charge in [-0.15, -0.1) is 0 Å². The lowest BCUT2D eigenvalue weighted by Gasteiger charge is -2.23. The van der Waals surface area contributed by atoms with E-state index in [2.05, 4.69) is 47.3 Å². The minimum atomic E-state index is -0.163. The topological polar surface area (TPSA) is 56.8 Å². The van der Waals surface area contributed by atoms with Crippen LogP contribution in [-0.4, -0.2) is 62.4 Å². The molecule has 0 spiro atoms. The smallest absolute Gasteiger partial charge is 0.319 e. The van der Waals surface area contributed by atoms with Crippen molar-refractivity contribution in [2.45, 2.75) is 51.8 Å². The predicted octanol–water partition coefficient (Wildman–Crippen LogP) is 2.82. The van der Waals surface area contributed by atoms with Gasteiger partial charge in [-0.25, -0.2) is 4.79 Å². The molecule has 2 amide bonds. The maximum absolute atomic E-state index is 12.6. The number of likely N-dealkylation sites (tertiary alicyclic amines) is 1. The summed E-state index contributed by atoms with van der Waals surface area (Å²) in [5, 5.41) is 6.14. The van der Waals surface area contributed by atoms with Crippen LogP contribution in [-0.2, 0) is 4.74 Å². The van der Waals surface area contributed by atoms with Gasteiger partial charge >= 0.3 is 6.03 Å². The molecule has 2 aliphatic rings. The second-order valence-corrected chi connectivity index (χ2v) is 7.67. The van der Waals surface area contributed by atoms with Crippen LogP contribution in [0, 0.1) is 6.92 Å². The van der Waals surface area contributed by atoms with Crippen molar-refractivity contribution in [3.63, 3.8) is 0 Å². The van der Waals surface area contributed by atoms with Crippen LogP contribution in [0.4, 0.5) is 16.2 Å². The molecule has 6 nitrogen and oxygen atoms in total. The highest BCUT2D eigenvalue weighted by Crippen LogP contribution is 2.29. The van der Waals surface area contributed by atoms with Gasteiger partial charge in [-0.05, 0) is 51.3 Å². The quantitative estimate of drug-likeness (QED) is 0.848. The van der Waals surface area contributed by atoms with Crippen LogP contribution >= 0.6 is 0 Å². The molecule has 144 valence electrons. The molecule has 0 saturated carbocycles. The van der Waals surface area contributed by atoms with Crippen LogP contribution in [0.2, 0.25) is 0 Å². The molecule has 0 unspecified atom stereocenters. The summed E-state index contributed by atoms with van der Waals surface area (Å²) in [5.41, 5.74) is 3.23. The van der Waals surface area contributed by atoms with Crippen LogP contribution in [0.3, 0.4) is 0 Å². The van der Waals surface area contributed by atoms with E-state index in [1.807, 2.05) is 12.1 Å². The number of ether oxygens (including phenoxy) is 1. The Morgan fingerprint density at radius 1 is 1.23 bits per heavy atom. The third-order valence-corrected chi connectivity index (χ3v) is 5.64. The lowest BCUT2D eigenvalue weighted by molar-refractivity contribution is 0.0896. The van der Waals surface area contributed by atoms with Crippen molar-refractivity contribution in [1.29, 1.82) is 0 Å². The molecule has 2 saturated heterocycles. The van der Waals surface area contributed by atoms with Crippen LogP contribution in [0.1, 0.15) is 32.3 Å². The van der Waals surface area contributed by atoms with Gasteiger partial charge in [-0.1, -0.05) is 6.07 Å². The zero-order chi connectivity index (χ0) is 18.7. The SMILES string of the molecule is CO[C@@H]1CN(C(C)C)C[C@H]1NC(=O)Nc1cccc(N2CCCC2)c1C. The standard InChI is InChI=1S/C20H32N4O2/c1-14(2)24-12-17(19(13-24)26-4)22-20(25)21-16-8-7-9-18(15(16)3)23-10-5-6-11-23/h7-9,14,17,19H,5-6,10-13H2,1-4H3,(H2,21,22,25)/t17-,19-/m1/s1. The minimum absolute atomic E-state index is 0.00414. The van der Waals surface area contributed by atoms with Crippen molar-refractivity contribution in [2.75, 3.05) is 43.5 Å². The van der Waals surface area contributed by atoms with Crippen LogP contribution in [0.15, 0.2) is 18.2 Å². The van der Waals surface area contributed by atoms with E-state index in [9.17, 15) is 4.79 Å². The van der Waals surface area contributed by atoms with Crippen LogP contribution in [0.5, 0.6) is 0 Å². The largest absolute Gasteiger partial charge is 0.378 e. The Bertz CT molecular complexity index is 628. The summed E-state index contributed by atoms with van der Waals surface area (Å²) in [4.78, 5) is 17.3. The monoisotopic (exact) mass is 360 g/mol. The molecule has 6 heteroatoms. The van der Waals surface area contributed by atoms with E-state index in [4.69, 9.17) is 4.74 Å². The zero-order valence-corrected chi connectivity index (χ0v) is 16.4. The lowest BCUT2D eigenvalue weighted by atomic mass is 10.1. The predicted molar refractivity (Wildman–Crippen MR) is 106 cm³/mol. The molecule has 0 bridgehead atoms. The van der Waals surface area contributed by atoms with Crippen molar-refractivity contribution in [3.8, 4) is 0 Å². The minimum Gasteiger partial charge on any atom is -0.378 e. The number of rotatable bonds is 5. The van der Waals surface area contributed by atoms with Gasteiger partial charge in [0, 0.05) is 50.7 Å². The number of hydrogen-bond acceptors (Lipinski definition) is 4. The summed E-state index contributed by atoms with van der Waals surface area (Å²) < 4.78 is 5.57. The number of nitrogens with zero attached hydrogens (tertiary/aromatic N) is 2. The molecular formula is C20H32N4O2. The molecular weight excluding hydrogens is 328 g/mol. The Balaban J connectivity index is 1.64. The van der Waals surface area contributed by atoms with Crippen molar-refractivity contribution in [1.82, 2.24) is 10.2 Å². The first-order chi connectivity index (χ1) is 12.5. The van der Waals surface area contributed by atoms with Gasteiger partial charge in [0.2, 0.25) is 0 Å². The van der Waals surface area contributed by atoms with Crippen LogP contribution < -0.4 is 15.5 Å². The molecule has 1 aromatic carbocycles. The highest BCUT2D eigenvalue weighted by atomic mass is 16.5. The Kier molecular flexibility index (Phi) is 6.04. The lowest BCUT2D eigenvalue weighted by Crippen LogP contribution is -2.45. The first-order valence-electron chi connectivity index (χ1n) is 9.68. The van der Waals surface area contributed by atoms with Crippen molar-refractivity contribution in [2.24, 2.45) is 0 Å². The summed E-state index contributed by atoms with van der Waals surface area (Å²) in [6.07, 6.45) is 2.51. The van der Waals surface area contributed by atoms with E-state index >= 15 is 0 Å². The average molecular weight is 361 g/mol. The Hall–Kier alpha value is -1.79. The van der Waals surface area contributed by atoms with Gasteiger partial charge in [0.05, 0.1) is 12.1 Å². The fraction of sp³-hybridized carbons (Fsp3) is 0.650. The first-order valence-corrected chi connectivity index (χ1v) is 9.68. The first kappa shape index (κ1) is 19.0. The summed E-state index contributed by atoms with van der Waals surface area (Å²) in [6, 6.07) is 6.42. The number of methoxy groups -OCH3 is 1. The number of nitrogens with one attached hydrogen (secondary N) is 2. The highest BCUT2D eigenvalue weighted by Gasteiger charge is 2.35. The maximum atomic E-state index is 12.6. The van der Waals surface area contributed by atoms with E-state index in [1.54, 1.807) is 7.11 Å². The highest BCUT2D eigenvalue weighted by molar-refractivity contribution is 5.91. The van der Waals surface area contributed by atoms with Gasteiger partial charge in [0.25, 0.3) is 0 Å². The van der Waals surface area contributed by atoms with E-state index < -0.39 is 0 Å². The number of urea groups is 1. The molecule has 2 atom stereocenters. The average Bonchev–Trinajstić information content (AvgIpc) is 3.26. The molecule has 26 heavy (non-hydrogen) atoms. The number of carbonyl (C=O) groups is 1. The summed E-state index contributed by atoms with van der Waals surface area (Å²) >= 11 is 0. The second-order valence-electron chi connectivity index (χ2n) is 7.67. The number of amides is 2. The molecule has 0 radical (unpaired) electrons. The summed E-state index contributed by atoms with van der Waals surface area (Å²) in [6.45, 7) is 10.3. The molecule has 3 rings (SSSR count). The van der Waals surface area contributed by atoms with E-state index in [-0.39, 0.29) is 18.2 Å². The van der Waals surface area contributed by atoms with Gasteiger partial charge in [0.15, 0.2) is 0 Å². The number of benzene rings is 1. The molecule has 2 fully saturated rings. The number of hydrogen-bond donors (Lipinski definition) is 2. The Labute approximate surface area is 156 Å². The number of anilines is 2. The third kappa shape index (κ3) is 4.13. The molecule has 2 heterocycles. The van der Waals surface area contributed by atoms with Crippen LogP contribution in [0.25, 0.3) is 0 Å². The number of carbonyl (C=O) groups excluding carboxylic acids is 1. The normalized spacial score (nSPS) is 23.7. The summed E-state index contributed by atoms with van der Waals surface area (Å²) in [7, 11) is 1.71. The summed E-state index contributed by atoms with van der Waals surface area (Å²) in [5.74, 6) is 0. The second kappa shape index (κ2) is 8.27. The molecule has 2 N–H and O–H groups in total. The fourth-order valence-corrected chi connectivity index (χ4v) is 3.99. The Morgan fingerprint density at radius 2 is 1.96 bits per heavy atom. The van der Waals surface area contributed by atoms with Gasteiger partial charge in [-0.2, -0.15) is 0 Å². The van der Waals surface area contributed by atoms with Crippen molar-refractivity contribution >= 4 is 17.4 Å². The molecule has 2 aliphatic heterocycles. The Morgan fingerprint density at radius 3 is 2.62 bits per heavy atom. The van der Waals surface area contributed by atoms with E-state index in [0.29, 0.717) is 6.04 Å². The fourth-order valence-electron chi connectivity index (χ4n) is 3.99. The van der Waals surface area contributed by atoms with Gasteiger partial charge < -0.3 is 20.3 Å². The maximum Gasteiger partial charge on any atom is 0.319 e. The third-order valence-electron chi connectivity index (χ3n) is 5.64. The van der Waals surface area contributed by atoms with Crippen molar-refractivity contribution < 1.29 is 9.53 Å². The van der Waals surface area contributed by atoms with Crippen molar-refractivity contribution in [3.05, 3.63) is 23.8 Å². The van der Waals surface area contributed by atoms with Gasteiger partial charge in [0.1, 0.15) is 0 Å². The molecule has 1 aromatic rings. The zero-order valence-electron chi connectivity index (χ0n) is 16.4. The van der Waals surface area contributed by atoms with E-state index in [0.717, 1.165) is 37.4 Å². The molecule has 0 aromatic heterocycles. The van der Waals surface area contributed by atoms with Gasteiger partial charge in [-0.3, -0.25) is 4.90 Å².